The maximum Gasteiger partial charge on any atom is 0.316 e. The van der Waals surface area contributed by atoms with Crippen LogP contribution in [0.4, 0.5) is 0 Å². The van der Waals surface area contributed by atoms with E-state index in [2.05, 4.69) is 10.1 Å². The van der Waals surface area contributed by atoms with Crippen molar-refractivity contribution in [2.75, 3.05) is 6.54 Å². The van der Waals surface area contributed by atoms with Crippen LogP contribution < -0.4 is 5.73 Å². The molecule has 0 spiro atoms. The van der Waals surface area contributed by atoms with Crippen molar-refractivity contribution in [3.8, 4) is 10.7 Å². The number of likely N-dealkylation sites (tertiary alicyclic amines) is 1. The van der Waals surface area contributed by atoms with Crippen molar-refractivity contribution in [3.63, 3.8) is 0 Å². The normalized spacial score (nSPS) is 18.4. The van der Waals surface area contributed by atoms with Gasteiger partial charge in [-0.15, -0.1) is 11.3 Å². The number of hydrogen-bond acceptors (Lipinski definition) is 6. The third-order valence-corrected chi connectivity index (χ3v) is 4.06. The van der Waals surface area contributed by atoms with E-state index in [9.17, 15) is 9.59 Å². The molecule has 2 aromatic heterocycles. The highest BCUT2D eigenvalue weighted by Crippen LogP contribution is 2.23. The molecule has 104 valence electrons. The molecule has 8 heteroatoms. The van der Waals surface area contributed by atoms with Gasteiger partial charge in [0.25, 0.3) is 0 Å². The minimum atomic E-state index is -0.584. The second-order valence-electron chi connectivity index (χ2n) is 4.46. The number of nitrogens with zero attached hydrogens (tertiary/aromatic N) is 3. The smallest absolute Gasteiger partial charge is 0.316 e. The summed E-state index contributed by atoms with van der Waals surface area (Å²) in [5, 5.41) is 5.67. The molecule has 0 aromatic carbocycles. The van der Waals surface area contributed by atoms with E-state index in [4.69, 9.17) is 10.3 Å². The van der Waals surface area contributed by atoms with E-state index in [-0.39, 0.29) is 5.89 Å². The maximum absolute atomic E-state index is 12.3. The number of primary amides is 1. The van der Waals surface area contributed by atoms with E-state index in [1.165, 1.54) is 16.2 Å². The van der Waals surface area contributed by atoms with Crippen molar-refractivity contribution < 1.29 is 14.1 Å². The Balaban J connectivity index is 1.83. The van der Waals surface area contributed by atoms with E-state index in [0.29, 0.717) is 18.8 Å². The van der Waals surface area contributed by atoms with E-state index < -0.39 is 17.9 Å². The molecule has 2 amide bonds. The Morgan fingerprint density at radius 1 is 1.50 bits per heavy atom. The van der Waals surface area contributed by atoms with Crippen LogP contribution in [0, 0.1) is 0 Å². The molecule has 1 fully saturated rings. The van der Waals surface area contributed by atoms with Crippen molar-refractivity contribution >= 4 is 23.2 Å². The van der Waals surface area contributed by atoms with Gasteiger partial charge in [0.2, 0.25) is 11.7 Å². The van der Waals surface area contributed by atoms with E-state index >= 15 is 0 Å². The van der Waals surface area contributed by atoms with Crippen LogP contribution in [0.25, 0.3) is 10.7 Å². The highest BCUT2D eigenvalue weighted by Gasteiger charge is 2.35. The molecule has 1 aliphatic rings. The van der Waals surface area contributed by atoms with Gasteiger partial charge in [0, 0.05) is 6.54 Å². The summed E-state index contributed by atoms with van der Waals surface area (Å²) >= 11 is 1.45. The van der Waals surface area contributed by atoms with Gasteiger partial charge >= 0.3 is 11.8 Å². The molecular formula is C12H12N4O3S. The summed E-state index contributed by atoms with van der Waals surface area (Å²) in [7, 11) is 0. The van der Waals surface area contributed by atoms with Crippen molar-refractivity contribution in [2.24, 2.45) is 5.73 Å². The fraction of sp³-hybridized carbons (Fsp3) is 0.333. The van der Waals surface area contributed by atoms with Crippen LogP contribution in [0.2, 0.25) is 0 Å². The first-order chi connectivity index (χ1) is 9.66. The van der Waals surface area contributed by atoms with Crippen LogP contribution in [0.5, 0.6) is 0 Å². The summed E-state index contributed by atoms with van der Waals surface area (Å²) in [6, 6.07) is 3.12. The molecule has 0 radical (unpaired) electrons. The van der Waals surface area contributed by atoms with Crippen molar-refractivity contribution in [1.82, 2.24) is 15.0 Å². The van der Waals surface area contributed by atoms with Gasteiger partial charge in [-0.3, -0.25) is 9.59 Å². The molecule has 3 rings (SSSR count). The number of carbonyl (C=O) groups is 2. The first-order valence-electron chi connectivity index (χ1n) is 6.14. The topological polar surface area (TPSA) is 102 Å². The highest BCUT2D eigenvalue weighted by molar-refractivity contribution is 7.13. The van der Waals surface area contributed by atoms with Crippen LogP contribution in [0.1, 0.15) is 23.5 Å². The molecule has 0 aliphatic carbocycles. The molecule has 1 saturated heterocycles. The van der Waals surface area contributed by atoms with Gasteiger partial charge in [-0.05, 0) is 24.3 Å². The molecule has 2 N–H and O–H groups in total. The van der Waals surface area contributed by atoms with Gasteiger partial charge in [0.1, 0.15) is 6.04 Å². The number of thiophene rings is 1. The zero-order chi connectivity index (χ0) is 14.1. The zero-order valence-electron chi connectivity index (χ0n) is 10.5. The monoisotopic (exact) mass is 292 g/mol. The molecule has 1 unspecified atom stereocenters. The van der Waals surface area contributed by atoms with Crippen LogP contribution in [0.15, 0.2) is 22.0 Å². The first-order valence-corrected chi connectivity index (χ1v) is 7.02. The molecule has 0 bridgehead atoms. The number of rotatable bonds is 3. The summed E-state index contributed by atoms with van der Waals surface area (Å²) in [5.41, 5.74) is 5.29. The lowest BCUT2D eigenvalue weighted by Crippen LogP contribution is -2.43. The average molecular weight is 292 g/mol. The number of amides is 2. The van der Waals surface area contributed by atoms with Gasteiger partial charge in [0.05, 0.1) is 4.88 Å². The van der Waals surface area contributed by atoms with Crippen LogP contribution in [-0.2, 0) is 4.79 Å². The lowest BCUT2D eigenvalue weighted by Gasteiger charge is -2.19. The maximum atomic E-state index is 12.3. The molecule has 2 aromatic rings. The molecular weight excluding hydrogens is 280 g/mol. The summed E-state index contributed by atoms with van der Waals surface area (Å²) in [6.45, 7) is 0.475. The number of carbonyl (C=O) groups excluding carboxylic acids is 2. The predicted octanol–water partition coefficient (Wildman–Crippen LogP) is 0.888. The molecule has 0 saturated carbocycles. The lowest BCUT2D eigenvalue weighted by atomic mass is 10.2. The molecule has 1 atom stereocenters. The Bertz CT molecular complexity index is 637. The first kappa shape index (κ1) is 12.8. The van der Waals surface area contributed by atoms with Gasteiger partial charge < -0.3 is 15.2 Å². The van der Waals surface area contributed by atoms with Crippen LogP contribution in [-0.4, -0.2) is 39.4 Å². The van der Waals surface area contributed by atoms with Gasteiger partial charge in [-0.1, -0.05) is 11.2 Å². The molecule has 20 heavy (non-hydrogen) atoms. The Morgan fingerprint density at radius 2 is 2.35 bits per heavy atom. The summed E-state index contributed by atoms with van der Waals surface area (Å²) in [5.74, 6) is -0.685. The standard InChI is InChI=1S/C12H12N4O3S/c13-9(17)7-3-1-5-16(7)12(18)11-14-10(15-19-11)8-4-2-6-20-8/h2,4,6-7H,1,3,5H2,(H2,13,17). The zero-order valence-corrected chi connectivity index (χ0v) is 11.3. The summed E-state index contributed by atoms with van der Waals surface area (Å²) in [6.07, 6.45) is 1.32. The SMILES string of the molecule is NC(=O)C1CCCN1C(=O)c1nc(-c2cccs2)no1. The van der Waals surface area contributed by atoms with Crippen molar-refractivity contribution in [1.29, 1.82) is 0 Å². The van der Waals surface area contributed by atoms with E-state index in [1.54, 1.807) is 0 Å². The van der Waals surface area contributed by atoms with Crippen molar-refractivity contribution in [2.45, 2.75) is 18.9 Å². The average Bonchev–Trinajstić information content (AvgIpc) is 3.17. The van der Waals surface area contributed by atoms with E-state index in [0.717, 1.165) is 11.3 Å². The third-order valence-electron chi connectivity index (χ3n) is 3.19. The number of hydrogen-bond donors (Lipinski definition) is 1. The Labute approximate surface area is 118 Å². The fourth-order valence-corrected chi connectivity index (χ4v) is 2.89. The minimum Gasteiger partial charge on any atom is -0.368 e. The van der Waals surface area contributed by atoms with Crippen LogP contribution in [0.3, 0.4) is 0 Å². The predicted molar refractivity (Wildman–Crippen MR) is 70.9 cm³/mol. The van der Waals surface area contributed by atoms with Crippen LogP contribution >= 0.6 is 11.3 Å². The molecule has 1 aliphatic heterocycles. The van der Waals surface area contributed by atoms with E-state index in [1.807, 2.05) is 17.5 Å². The summed E-state index contributed by atoms with van der Waals surface area (Å²) in [4.78, 5) is 29.9. The van der Waals surface area contributed by atoms with Crippen molar-refractivity contribution in [3.05, 3.63) is 23.4 Å². The molecule has 7 nitrogen and oxygen atoms in total. The second-order valence-corrected chi connectivity index (χ2v) is 5.41. The number of nitrogens with two attached hydrogens (primary N) is 1. The fourth-order valence-electron chi connectivity index (χ4n) is 2.24. The highest BCUT2D eigenvalue weighted by atomic mass is 32.1. The number of aromatic nitrogens is 2. The van der Waals surface area contributed by atoms with Gasteiger partial charge in [-0.25, -0.2) is 0 Å². The second kappa shape index (κ2) is 5.04. The Hall–Kier alpha value is -2.22. The Morgan fingerprint density at radius 3 is 3.05 bits per heavy atom. The Kier molecular flexibility index (Phi) is 3.23. The minimum absolute atomic E-state index is 0.110. The third kappa shape index (κ3) is 2.18. The lowest BCUT2D eigenvalue weighted by molar-refractivity contribution is -0.121. The summed E-state index contributed by atoms with van der Waals surface area (Å²) < 4.78 is 4.99. The van der Waals surface area contributed by atoms with Gasteiger partial charge in [-0.2, -0.15) is 4.98 Å². The largest absolute Gasteiger partial charge is 0.368 e. The quantitative estimate of drug-likeness (QED) is 0.905. The molecule has 3 heterocycles. The van der Waals surface area contributed by atoms with Gasteiger partial charge in [0.15, 0.2) is 0 Å².